The Hall–Kier alpha value is -4.89. The van der Waals surface area contributed by atoms with Crippen molar-refractivity contribution >= 4 is 22.9 Å². The number of rotatable bonds is 6. The van der Waals surface area contributed by atoms with Crippen LogP contribution in [0.2, 0.25) is 0 Å². The number of halogens is 5. The molecule has 10 nitrogen and oxygen atoms in total. The molecule has 0 saturated carbocycles. The zero-order valence-electron chi connectivity index (χ0n) is 23.3. The van der Waals surface area contributed by atoms with E-state index in [0.29, 0.717) is 39.0 Å². The van der Waals surface area contributed by atoms with Crippen LogP contribution >= 0.6 is 0 Å². The van der Waals surface area contributed by atoms with E-state index in [9.17, 15) is 26.7 Å². The highest BCUT2D eigenvalue weighted by atomic mass is 19.4. The summed E-state index contributed by atoms with van der Waals surface area (Å²) in [7, 11) is 1.78. The van der Waals surface area contributed by atoms with E-state index in [2.05, 4.69) is 20.7 Å². The van der Waals surface area contributed by atoms with Crippen LogP contribution in [-0.2, 0) is 11.9 Å². The number of nitrogens with one attached hydrogen (secondary N) is 2. The van der Waals surface area contributed by atoms with Gasteiger partial charge in [-0.3, -0.25) is 14.8 Å². The SMILES string of the molecule is Cc1c(-c2cnc3c(cnn3C)c2)nn(-c2ccccc2)c1NC(=O)N[C@@H]1CN(CC(F)(F)F)O[C@H]1c1ccc(F)c(F)c1. The van der Waals surface area contributed by atoms with Gasteiger partial charge in [0.15, 0.2) is 17.3 Å². The number of pyridine rings is 1. The molecular formula is C29H25F5N8O2. The van der Waals surface area contributed by atoms with Gasteiger partial charge in [0.1, 0.15) is 18.5 Å². The zero-order valence-corrected chi connectivity index (χ0v) is 23.3. The van der Waals surface area contributed by atoms with Crippen molar-refractivity contribution in [3.8, 4) is 16.9 Å². The van der Waals surface area contributed by atoms with Crippen LogP contribution in [0.25, 0.3) is 28.0 Å². The molecule has 1 saturated heterocycles. The molecular weight excluding hydrogens is 587 g/mol. The summed E-state index contributed by atoms with van der Waals surface area (Å²) in [6.45, 7) is -0.0280. The van der Waals surface area contributed by atoms with Crippen LogP contribution in [0.4, 0.5) is 32.6 Å². The van der Waals surface area contributed by atoms with Gasteiger partial charge in [0, 0.05) is 36.3 Å². The lowest BCUT2D eigenvalue weighted by molar-refractivity contribution is -0.227. The molecule has 0 radical (unpaired) electrons. The van der Waals surface area contributed by atoms with Crippen molar-refractivity contribution in [3.63, 3.8) is 0 Å². The summed E-state index contributed by atoms with van der Waals surface area (Å²) >= 11 is 0. The number of hydrogen-bond donors (Lipinski definition) is 2. The standard InChI is InChI=1S/C29H25F5N8O2/c1-16-24(18-10-19-13-36-40(2)27(19)35-12-18)39-42(20-6-4-3-5-7-20)26(16)38-28(43)37-23-14-41(15-29(32,33)34)44-25(23)17-8-9-21(30)22(31)11-17/h3-13,23,25H,14-15H2,1-2H3,(H2,37,38,43)/t23-,25+/m1/s1. The van der Waals surface area contributed by atoms with Gasteiger partial charge in [-0.15, -0.1) is 0 Å². The fraction of sp³-hybridized carbons (Fsp3) is 0.241. The molecule has 1 fully saturated rings. The second-order valence-electron chi connectivity index (χ2n) is 10.3. The number of carbonyl (C=O) groups is 1. The number of alkyl halides is 3. The molecule has 2 aromatic carbocycles. The summed E-state index contributed by atoms with van der Waals surface area (Å²) in [5.41, 5.74) is 3.17. The largest absolute Gasteiger partial charge is 0.403 e. The van der Waals surface area contributed by atoms with Crippen molar-refractivity contribution in [3.05, 3.63) is 89.8 Å². The number of anilines is 1. The predicted molar refractivity (Wildman–Crippen MR) is 150 cm³/mol. The normalized spacial score (nSPS) is 17.3. The van der Waals surface area contributed by atoms with E-state index in [1.807, 2.05) is 12.1 Å². The quantitative estimate of drug-likeness (QED) is 0.248. The van der Waals surface area contributed by atoms with E-state index >= 15 is 0 Å². The molecule has 5 aromatic rings. The number of carbonyl (C=O) groups excluding carboxylic acids is 1. The second-order valence-corrected chi connectivity index (χ2v) is 10.3. The number of fused-ring (bicyclic) bond motifs is 1. The molecule has 228 valence electrons. The second kappa shape index (κ2) is 11.3. The topological polar surface area (TPSA) is 102 Å². The third-order valence-corrected chi connectivity index (χ3v) is 7.17. The maximum absolute atomic E-state index is 14.0. The van der Waals surface area contributed by atoms with E-state index in [0.717, 1.165) is 17.5 Å². The molecule has 3 aromatic heterocycles. The number of aromatic nitrogens is 5. The van der Waals surface area contributed by atoms with E-state index in [-0.39, 0.29) is 12.1 Å². The Kier molecular flexibility index (Phi) is 7.51. The van der Waals surface area contributed by atoms with Gasteiger partial charge >= 0.3 is 12.2 Å². The summed E-state index contributed by atoms with van der Waals surface area (Å²) in [6.07, 6.45) is -2.49. The van der Waals surface area contributed by atoms with Crippen LogP contribution < -0.4 is 10.6 Å². The van der Waals surface area contributed by atoms with Crippen molar-refractivity contribution in [2.75, 3.05) is 18.4 Å². The first-order valence-electron chi connectivity index (χ1n) is 13.4. The Morgan fingerprint density at radius 3 is 2.57 bits per heavy atom. The number of urea groups is 1. The maximum Gasteiger partial charge on any atom is 0.403 e. The van der Waals surface area contributed by atoms with Crippen molar-refractivity contribution < 1.29 is 31.6 Å². The molecule has 1 aliphatic heterocycles. The molecule has 0 aliphatic carbocycles. The number of hydrogen-bond acceptors (Lipinski definition) is 6. The lowest BCUT2D eigenvalue weighted by atomic mass is 10.0. The average molecular weight is 613 g/mol. The van der Waals surface area contributed by atoms with Crippen molar-refractivity contribution in [2.45, 2.75) is 25.2 Å². The number of hydroxylamine groups is 2. The van der Waals surface area contributed by atoms with Crippen LogP contribution in [0.1, 0.15) is 17.2 Å². The van der Waals surface area contributed by atoms with E-state index in [4.69, 9.17) is 9.94 Å². The molecule has 44 heavy (non-hydrogen) atoms. The first-order valence-corrected chi connectivity index (χ1v) is 13.4. The first kappa shape index (κ1) is 29.2. The Morgan fingerprint density at radius 1 is 1.07 bits per heavy atom. The van der Waals surface area contributed by atoms with Crippen LogP contribution in [-0.4, -0.2) is 60.9 Å². The highest BCUT2D eigenvalue weighted by Gasteiger charge is 2.42. The summed E-state index contributed by atoms with van der Waals surface area (Å²) in [4.78, 5) is 23.3. The number of amides is 2. The van der Waals surface area contributed by atoms with Crippen molar-refractivity contribution in [2.24, 2.45) is 7.05 Å². The fourth-order valence-corrected chi connectivity index (χ4v) is 5.16. The average Bonchev–Trinajstić information content (AvgIpc) is 3.64. The van der Waals surface area contributed by atoms with Gasteiger partial charge in [-0.05, 0) is 42.8 Å². The van der Waals surface area contributed by atoms with E-state index in [1.54, 1.807) is 55.3 Å². The van der Waals surface area contributed by atoms with Gasteiger partial charge in [0.2, 0.25) is 0 Å². The minimum atomic E-state index is -4.60. The third kappa shape index (κ3) is 5.83. The lowest BCUT2D eigenvalue weighted by Gasteiger charge is -2.20. The molecule has 2 atom stereocenters. The molecule has 6 rings (SSSR count). The summed E-state index contributed by atoms with van der Waals surface area (Å²) in [5, 5.41) is 15.8. The maximum atomic E-state index is 14.0. The molecule has 1 aliphatic rings. The number of benzene rings is 2. The highest BCUT2D eigenvalue weighted by Crippen LogP contribution is 2.34. The minimum Gasteiger partial charge on any atom is -0.331 e. The Balaban J connectivity index is 1.31. The van der Waals surface area contributed by atoms with Crippen molar-refractivity contribution in [1.29, 1.82) is 0 Å². The smallest absolute Gasteiger partial charge is 0.331 e. The van der Waals surface area contributed by atoms with Crippen LogP contribution in [0.5, 0.6) is 0 Å². The van der Waals surface area contributed by atoms with Crippen molar-refractivity contribution in [1.82, 2.24) is 34.9 Å². The van der Waals surface area contributed by atoms with Gasteiger partial charge in [-0.2, -0.15) is 28.4 Å². The molecule has 0 bridgehead atoms. The van der Waals surface area contributed by atoms with E-state index in [1.165, 1.54) is 10.7 Å². The summed E-state index contributed by atoms with van der Waals surface area (Å²) in [5.74, 6) is -2.03. The zero-order chi connectivity index (χ0) is 31.2. The Bertz CT molecular complexity index is 1840. The monoisotopic (exact) mass is 612 g/mol. The molecule has 0 unspecified atom stereocenters. The summed E-state index contributed by atoms with van der Waals surface area (Å²) in [6, 6.07) is 11.9. The highest BCUT2D eigenvalue weighted by molar-refractivity contribution is 5.91. The minimum absolute atomic E-state index is 0.0602. The molecule has 0 spiro atoms. The number of aryl methyl sites for hydroxylation is 1. The Labute approximate surface area is 247 Å². The van der Waals surface area contributed by atoms with E-state index < -0.39 is 42.5 Å². The third-order valence-electron chi connectivity index (χ3n) is 7.17. The van der Waals surface area contributed by atoms with Gasteiger partial charge in [-0.1, -0.05) is 24.3 Å². The van der Waals surface area contributed by atoms with Gasteiger partial charge in [0.25, 0.3) is 0 Å². The number of nitrogens with zero attached hydrogens (tertiary/aromatic N) is 6. The molecule has 2 N–H and O–H groups in total. The lowest BCUT2D eigenvalue weighted by Crippen LogP contribution is -2.43. The van der Waals surface area contributed by atoms with Crippen LogP contribution in [0, 0.1) is 18.6 Å². The predicted octanol–water partition coefficient (Wildman–Crippen LogP) is 5.45. The Morgan fingerprint density at radius 2 is 1.84 bits per heavy atom. The van der Waals surface area contributed by atoms with Crippen LogP contribution in [0.3, 0.4) is 0 Å². The molecule has 15 heteroatoms. The van der Waals surface area contributed by atoms with Gasteiger partial charge in [-0.25, -0.2) is 23.2 Å². The van der Waals surface area contributed by atoms with Crippen LogP contribution in [0.15, 0.2) is 67.0 Å². The first-order chi connectivity index (χ1) is 21.0. The molecule has 2 amide bonds. The molecule has 4 heterocycles. The van der Waals surface area contributed by atoms with Gasteiger partial charge in [0.05, 0.1) is 23.6 Å². The number of para-hydroxylation sites is 1. The fourth-order valence-electron chi connectivity index (χ4n) is 5.16. The summed E-state index contributed by atoms with van der Waals surface area (Å²) < 4.78 is 70.3. The van der Waals surface area contributed by atoms with Gasteiger partial charge < -0.3 is 5.32 Å².